The van der Waals surface area contributed by atoms with Crippen LogP contribution in [0.2, 0.25) is 0 Å². The molecule has 0 bridgehead atoms. The van der Waals surface area contributed by atoms with Crippen LogP contribution in [0.4, 0.5) is 11.6 Å². The number of nitrogens with zero attached hydrogens (tertiary/aromatic N) is 4. The molecule has 0 spiro atoms. The van der Waals surface area contributed by atoms with Crippen LogP contribution in [-0.2, 0) is 20.9 Å². The molecule has 3 heterocycles. The zero-order valence-electron chi connectivity index (χ0n) is 13.8. The first kappa shape index (κ1) is 19.6. The van der Waals surface area contributed by atoms with Crippen LogP contribution in [0.15, 0.2) is 11.1 Å². The van der Waals surface area contributed by atoms with Crippen LogP contribution >= 0.6 is 7.82 Å². The normalized spacial score (nSPS) is 25.8. The third kappa shape index (κ3) is 3.91. The van der Waals surface area contributed by atoms with E-state index in [1.165, 1.54) is 11.7 Å². The maximum Gasteiger partial charge on any atom is 0.469 e. The predicted octanol–water partition coefficient (Wildman–Crippen LogP) is -2.73. The molecular formula is C12H17N6O8P. The van der Waals surface area contributed by atoms with Gasteiger partial charge in [-0.1, -0.05) is 0 Å². The number of aliphatic hydroxyl groups excluding tert-OH is 2. The Labute approximate surface area is 150 Å². The van der Waals surface area contributed by atoms with Gasteiger partial charge in [0.1, 0.15) is 35.8 Å². The molecule has 14 nitrogen and oxygen atoms in total. The largest absolute Gasteiger partial charge is 0.469 e. The number of rotatable bonds is 5. The Morgan fingerprint density at radius 3 is 2.74 bits per heavy atom. The van der Waals surface area contributed by atoms with E-state index in [0.29, 0.717) is 0 Å². The zero-order valence-corrected chi connectivity index (χ0v) is 14.7. The number of ether oxygens (including phenoxy) is 1. The Hall–Kier alpha value is -2.19. The lowest BCUT2D eigenvalue weighted by Gasteiger charge is -2.18. The summed E-state index contributed by atoms with van der Waals surface area (Å²) in [5.41, 5.74) is 5.11. The van der Waals surface area contributed by atoms with Crippen molar-refractivity contribution in [2.45, 2.75) is 24.5 Å². The lowest BCUT2D eigenvalue weighted by Crippen LogP contribution is -2.37. The number of aromatic nitrogens is 4. The maximum absolute atomic E-state index is 12.3. The predicted molar refractivity (Wildman–Crippen MR) is 89.3 cm³/mol. The number of anilines is 2. The Morgan fingerprint density at radius 2 is 2.07 bits per heavy atom. The summed E-state index contributed by atoms with van der Waals surface area (Å²) in [4.78, 5) is 37.7. The van der Waals surface area contributed by atoms with E-state index in [1.54, 1.807) is 0 Å². The highest BCUT2D eigenvalue weighted by molar-refractivity contribution is 7.46. The summed E-state index contributed by atoms with van der Waals surface area (Å²) in [7, 11) is -3.26. The highest BCUT2D eigenvalue weighted by Crippen LogP contribution is 2.37. The third-order valence-electron chi connectivity index (χ3n) is 3.90. The SMILES string of the molecule is Cn1nc(N)c(=O)c2c(N[C@@H]3O[C@H](COP(=O)(O)O)[C@H](O)C3O)ncnc21. The summed E-state index contributed by atoms with van der Waals surface area (Å²) in [6.07, 6.45) is -4.33. The molecule has 2 aromatic rings. The van der Waals surface area contributed by atoms with Crippen molar-refractivity contribution in [2.75, 3.05) is 17.7 Å². The van der Waals surface area contributed by atoms with E-state index in [4.69, 9.17) is 20.3 Å². The van der Waals surface area contributed by atoms with Gasteiger partial charge in [0.15, 0.2) is 17.7 Å². The Kier molecular flexibility index (Phi) is 5.14. The average molecular weight is 404 g/mol. The number of nitrogens with two attached hydrogens (primary N) is 1. The number of fused-ring (bicyclic) bond motifs is 1. The molecule has 0 saturated carbocycles. The monoisotopic (exact) mass is 404 g/mol. The molecule has 27 heavy (non-hydrogen) atoms. The van der Waals surface area contributed by atoms with Gasteiger partial charge in [0, 0.05) is 7.05 Å². The molecule has 148 valence electrons. The number of phosphoric ester groups is 1. The number of phosphoric acid groups is 1. The molecule has 4 atom stereocenters. The minimum atomic E-state index is -4.78. The summed E-state index contributed by atoms with van der Waals surface area (Å²) in [6.45, 7) is -0.663. The van der Waals surface area contributed by atoms with Crippen LogP contribution in [0.1, 0.15) is 0 Å². The molecule has 1 aliphatic rings. The maximum atomic E-state index is 12.3. The first-order valence-electron chi connectivity index (χ1n) is 7.54. The highest BCUT2D eigenvalue weighted by atomic mass is 31.2. The van der Waals surface area contributed by atoms with Gasteiger partial charge in [-0.05, 0) is 0 Å². The number of aryl methyl sites for hydroxylation is 1. The van der Waals surface area contributed by atoms with E-state index in [0.717, 1.165) is 6.33 Å². The van der Waals surface area contributed by atoms with E-state index in [2.05, 4.69) is 24.9 Å². The van der Waals surface area contributed by atoms with Crippen LogP contribution < -0.4 is 16.5 Å². The second-order valence-corrected chi connectivity index (χ2v) is 7.01. The van der Waals surface area contributed by atoms with Crippen molar-refractivity contribution < 1.29 is 33.8 Å². The van der Waals surface area contributed by atoms with Gasteiger partial charge in [-0.3, -0.25) is 9.32 Å². The van der Waals surface area contributed by atoms with Gasteiger partial charge in [-0.25, -0.2) is 19.2 Å². The molecule has 3 rings (SSSR count). The van der Waals surface area contributed by atoms with Crippen LogP contribution in [0.25, 0.3) is 11.0 Å². The van der Waals surface area contributed by atoms with E-state index in [-0.39, 0.29) is 22.7 Å². The second-order valence-electron chi connectivity index (χ2n) is 5.77. The van der Waals surface area contributed by atoms with E-state index >= 15 is 0 Å². The molecule has 15 heteroatoms. The van der Waals surface area contributed by atoms with Gasteiger partial charge in [0.05, 0.1) is 6.61 Å². The van der Waals surface area contributed by atoms with Gasteiger partial charge in [-0.15, -0.1) is 5.10 Å². The third-order valence-corrected chi connectivity index (χ3v) is 4.39. The van der Waals surface area contributed by atoms with Crippen molar-refractivity contribution in [3.63, 3.8) is 0 Å². The summed E-state index contributed by atoms with van der Waals surface area (Å²) in [5, 5.41) is 26.6. The lowest BCUT2D eigenvalue weighted by molar-refractivity contribution is -0.0151. The van der Waals surface area contributed by atoms with Crippen LogP contribution in [0.5, 0.6) is 0 Å². The quantitative estimate of drug-likeness (QED) is 0.279. The Bertz CT molecular complexity index is 963. The van der Waals surface area contributed by atoms with Gasteiger partial charge in [-0.2, -0.15) is 0 Å². The molecule has 7 N–H and O–H groups in total. The smallest absolute Gasteiger partial charge is 0.387 e. The van der Waals surface area contributed by atoms with Gasteiger partial charge < -0.3 is 35.8 Å². The first-order chi connectivity index (χ1) is 12.6. The molecule has 2 aromatic heterocycles. The van der Waals surface area contributed by atoms with E-state index in [9.17, 15) is 19.6 Å². The van der Waals surface area contributed by atoms with E-state index in [1.807, 2.05) is 0 Å². The van der Waals surface area contributed by atoms with E-state index < -0.39 is 44.4 Å². The number of aliphatic hydroxyl groups is 2. The second kappa shape index (κ2) is 7.09. The van der Waals surface area contributed by atoms with Crippen molar-refractivity contribution in [2.24, 2.45) is 7.05 Å². The summed E-state index contributed by atoms with van der Waals surface area (Å²) < 4.78 is 21.7. The average Bonchev–Trinajstić information content (AvgIpc) is 2.85. The van der Waals surface area contributed by atoms with Gasteiger partial charge in [0.2, 0.25) is 5.43 Å². The summed E-state index contributed by atoms with van der Waals surface area (Å²) in [6, 6.07) is 0. The molecule has 0 radical (unpaired) electrons. The van der Waals surface area contributed by atoms with Gasteiger partial charge >= 0.3 is 7.82 Å². The number of nitrogen functional groups attached to an aromatic ring is 1. The van der Waals surface area contributed by atoms with Crippen molar-refractivity contribution in [1.29, 1.82) is 0 Å². The standard InChI is InChI=1S/C12H17N6O8P/c1-18-11-5(7(20)9(13)17-18)10(14-3-15-11)16-12-8(21)6(19)4(26-12)2-25-27(22,23)24/h3-4,6,8,12,19,21H,2H2,1H3,(H2,13,17)(H,14,15,16)(H2,22,23,24)/t4-,6+,8?,12-/m1/s1. The Balaban J connectivity index is 1.87. The molecule has 1 unspecified atom stereocenters. The fraction of sp³-hybridized carbons (Fsp3) is 0.500. The molecule has 1 aliphatic heterocycles. The summed E-state index contributed by atoms with van der Waals surface area (Å²) >= 11 is 0. The fourth-order valence-corrected chi connectivity index (χ4v) is 2.97. The number of nitrogens with one attached hydrogen (secondary N) is 1. The van der Waals surface area contributed by atoms with Gasteiger partial charge in [0.25, 0.3) is 0 Å². The topological polar surface area (TPSA) is 215 Å². The lowest BCUT2D eigenvalue weighted by atomic mass is 10.1. The molecule has 0 aromatic carbocycles. The minimum Gasteiger partial charge on any atom is -0.387 e. The molecule has 0 aliphatic carbocycles. The molecular weight excluding hydrogens is 387 g/mol. The minimum absolute atomic E-state index is 0.00675. The molecule has 1 fully saturated rings. The van der Waals surface area contributed by atoms with Crippen molar-refractivity contribution in [3.8, 4) is 0 Å². The zero-order chi connectivity index (χ0) is 19.9. The van der Waals surface area contributed by atoms with Crippen LogP contribution in [-0.4, -0.2) is 70.9 Å². The summed E-state index contributed by atoms with van der Waals surface area (Å²) in [5.74, 6) is -0.314. The fourth-order valence-electron chi connectivity index (χ4n) is 2.63. The van der Waals surface area contributed by atoms with Crippen molar-refractivity contribution in [3.05, 3.63) is 16.6 Å². The Morgan fingerprint density at radius 1 is 1.37 bits per heavy atom. The molecule has 0 amide bonds. The van der Waals surface area contributed by atoms with Crippen LogP contribution in [0, 0.1) is 0 Å². The van der Waals surface area contributed by atoms with Crippen molar-refractivity contribution >= 4 is 30.5 Å². The number of hydrogen-bond acceptors (Lipinski definition) is 11. The first-order valence-corrected chi connectivity index (χ1v) is 9.07. The highest BCUT2D eigenvalue weighted by Gasteiger charge is 2.44. The van der Waals surface area contributed by atoms with Crippen molar-refractivity contribution in [1.82, 2.24) is 19.7 Å². The molecule has 1 saturated heterocycles. The van der Waals surface area contributed by atoms with Crippen LogP contribution in [0.3, 0.4) is 0 Å². The number of hydrogen-bond donors (Lipinski definition) is 6.